The third-order valence-electron chi connectivity index (χ3n) is 4.03. The highest BCUT2D eigenvalue weighted by Crippen LogP contribution is 2.30. The van der Waals surface area contributed by atoms with Gasteiger partial charge in [0.15, 0.2) is 0 Å². The van der Waals surface area contributed by atoms with E-state index in [0.29, 0.717) is 19.1 Å². The zero-order valence-electron chi connectivity index (χ0n) is 13.5. The molecule has 2 heterocycles. The summed E-state index contributed by atoms with van der Waals surface area (Å²) >= 11 is 0. The molecule has 3 N–H and O–H groups in total. The van der Waals surface area contributed by atoms with E-state index in [-0.39, 0.29) is 0 Å². The number of rotatable bonds is 4. The van der Waals surface area contributed by atoms with Crippen LogP contribution >= 0.6 is 0 Å². The summed E-state index contributed by atoms with van der Waals surface area (Å²) in [7, 11) is 0. The molecule has 23 heavy (non-hydrogen) atoms. The van der Waals surface area contributed by atoms with Crippen molar-refractivity contribution in [2.45, 2.75) is 39.3 Å². The maximum atomic E-state index is 11.6. The Kier molecular flexibility index (Phi) is 4.18. The van der Waals surface area contributed by atoms with Gasteiger partial charge >= 0.3 is 6.03 Å². The van der Waals surface area contributed by atoms with Crippen LogP contribution in [0.1, 0.15) is 37.6 Å². The van der Waals surface area contributed by atoms with E-state index >= 15 is 0 Å². The Bertz CT molecular complexity index is 708. The Morgan fingerprint density at radius 1 is 1.43 bits per heavy atom. The first kappa shape index (κ1) is 15.3. The molecular weight excluding hydrogens is 292 g/mol. The van der Waals surface area contributed by atoms with Gasteiger partial charge in [-0.25, -0.2) is 9.48 Å². The minimum Gasteiger partial charge on any atom is -0.379 e. The number of urea groups is 1. The van der Waals surface area contributed by atoms with Gasteiger partial charge in [0.05, 0.1) is 18.4 Å². The predicted molar refractivity (Wildman–Crippen MR) is 89.4 cm³/mol. The SMILES string of the molecule is CC(C)n1cc(CNc2ccc3c(c2)N(C(N)=O)CCC3)nn1. The molecular formula is C16H22N6O. The number of aromatic nitrogens is 3. The molecule has 1 aromatic heterocycles. The lowest BCUT2D eigenvalue weighted by Gasteiger charge is -2.28. The van der Waals surface area contributed by atoms with Crippen molar-refractivity contribution in [3.8, 4) is 0 Å². The average molecular weight is 314 g/mol. The Morgan fingerprint density at radius 3 is 2.96 bits per heavy atom. The number of carbonyl (C=O) groups excluding carboxylic acids is 1. The summed E-state index contributed by atoms with van der Waals surface area (Å²) in [6.07, 6.45) is 3.86. The number of nitrogens with one attached hydrogen (secondary N) is 1. The van der Waals surface area contributed by atoms with Crippen LogP contribution in [0.2, 0.25) is 0 Å². The molecule has 1 aromatic carbocycles. The molecule has 122 valence electrons. The van der Waals surface area contributed by atoms with Crippen molar-refractivity contribution < 1.29 is 4.79 Å². The Hall–Kier alpha value is -2.57. The maximum Gasteiger partial charge on any atom is 0.319 e. The first-order valence-electron chi connectivity index (χ1n) is 7.89. The molecule has 0 unspecified atom stereocenters. The van der Waals surface area contributed by atoms with Crippen molar-refractivity contribution in [3.05, 3.63) is 35.7 Å². The number of carbonyl (C=O) groups is 1. The molecule has 0 saturated carbocycles. The first-order valence-corrected chi connectivity index (χ1v) is 7.89. The third kappa shape index (κ3) is 3.28. The van der Waals surface area contributed by atoms with Gasteiger partial charge in [0.25, 0.3) is 0 Å². The van der Waals surface area contributed by atoms with Gasteiger partial charge in [-0.2, -0.15) is 0 Å². The van der Waals surface area contributed by atoms with E-state index in [4.69, 9.17) is 5.73 Å². The van der Waals surface area contributed by atoms with E-state index in [0.717, 1.165) is 35.5 Å². The summed E-state index contributed by atoms with van der Waals surface area (Å²) in [4.78, 5) is 13.2. The number of primary amides is 1. The lowest BCUT2D eigenvalue weighted by Crippen LogP contribution is -2.39. The summed E-state index contributed by atoms with van der Waals surface area (Å²) in [6.45, 7) is 5.39. The van der Waals surface area contributed by atoms with Crippen molar-refractivity contribution in [2.24, 2.45) is 5.73 Å². The van der Waals surface area contributed by atoms with Crippen LogP contribution in [0, 0.1) is 0 Å². The summed E-state index contributed by atoms with van der Waals surface area (Å²) in [5, 5.41) is 11.6. The molecule has 3 rings (SSSR count). The van der Waals surface area contributed by atoms with Crippen LogP contribution in [-0.2, 0) is 13.0 Å². The van der Waals surface area contributed by atoms with E-state index in [9.17, 15) is 4.79 Å². The number of hydrogen-bond donors (Lipinski definition) is 2. The molecule has 0 bridgehead atoms. The minimum atomic E-state index is -0.400. The second-order valence-corrected chi connectivity index (χ2v) is 6.07. The molecule has 1 aliphatic rings. The van der Waals surface area contributed by atoms with Crippen LogP contribution in [0.15, 0.2) is 24.4 Å². The first-order chi connectivity index (χ1) is 11.0. The summed E-state index contributed by atoms with van der Waals surface area (Å²) < 4.78 is 1.83. The Balaban J connectivity index is 1.73. The number of fused-ring (bicyclic) bond motifs is 1. The number of hydrogen-bond acceptors (Lipinski definition) is 4. The fraction of sp³-hybridized carbons (Fsp3) is 0.438. The summed E-state index contributed by atoms with van der Waals surface area (Å²) in [5.74, 6) is 0. The molecule has 0 aliphatic carbocycles. The summed E-state index contributed by atoms with van der Waals surface area (Å²) in [6, 6.07) is 5.95. The van der Waals surface area contributed by atoms with Crippen molar-refractivity contribution >= 4 is 17.4 Å². The zero-order chi connectivity index (χ0) is 16.4. The van der Waals surface area contributed by atoms with E-state index in [1.165, 1.54) is 0 Å². The maximum absolute atomic E-state index is 11.6. The predicted octanol–water partition coefficient (Wildman–Crippen LogP) is 2.30. The fourth-order valence-corrected chi connectivity index (χ4v) is 2.75. The molecule has 1 aliphatic heterocycles. The van der Waals surface area contributed by atoms with Crippen molar-refractivity contribution in [2.75, 3.05) is 16.8 Å². The number of amides is 2. The van der Waals surface area contributed by atoms with Gasteiger partial charge in [-0.1, -0.05) is 11.3 Å². The van der Waals surface area contributed by atoms with Gasteiger partial charge < -0.3 is 11.1 Å². The largest absolute Gasteiger partial charge is 0.379 e. The molecule has 2 amide bonds. The van der Waals surface area contributed by atoms with E-state index in [1.54, 1.807) is 4.90 Å². The van der Waals surface area contributed by atoms with Crippen LogP contribution in [0.25, 0.3) is 0 Å². The van der Waals surface area contributed by atoms with Gasteiger partial charge in [0, 0.05) is 18.3 Å². The van der Waals surface area contributed by atoms with E-state index in [2.05, 4.69) is 35.5 Å². The smallest absolute Gasteiger partial charge is 0.319 e. The molecule has 0 saturated heterocycles. The van der Waals surface area contributed by atoms with Gasteiger partial charge in [0.1, 0.15) is 5.69 Å². The van der Waals surface area contributed by atoms with Crippen molar-refractivity contribution in [1.82, 2.24) is 15.0 Å². The van der Waals surface area contributed by atoms with Crippen molar-refractivity contribution in [3.63, 3.8) is 0 Å². The number of aryl methyl sites for hydroxylation is 1. The average Bonchev–Trinajstić information content (AvgIpc) is 3.01. The van der Waals surface area contributed by atoms with Gasteiger partial charge in [0.2, 0.25) is 0 Å². The zero-order valence-corrected chi connectivity index (χ0v) is 13.5. The number of nitrogens with two attached hydrogens (primary N) is 1. The fourth-order valence-electron chi connectivity index (χ4n) is 2.75. The normalized spacial score (nSPS) is 14.0. The number of nitrogens with zero attached hydrogens (tertiary/aromatic N) is 4. The second-order valence-electron chi connectivity index (χ2n) is 6.07. The molecule has 0 radical (unpaired) electrons. The van der Waals surface area contributed by atoms with Crippen LogP contribution in [0.5, 0.6) is 0 Å². The van der Waals surface area contributed by atoms with Crippen LogP contribution in [0.3, 0.4) is 0 Å². The minimum absolute atomic E-state index is 0.295. The third-order valence-corrected chi connectivity index (χ3v) is 4.03. The molecule has 7 nitrogen and oxygen atoms in total. The van der Waals surface area contributed by atoms with E-state index < -0.39 is 6.03 Å². The molecule has 0 spiro atoms. The van der Waals surface area contributed by atoms with E-state index in [1.807, 2.05) is 23.0 Å². The monoisotopic (exact) mass is 314 g/mol. The highest BCUT2D eigenvalue weighted by molar-refractivity contribution is 5.92. The Morgan fingerprint density at radius 2 is 2.26 bits per heavy atom. The van der Waals surface area contributed by atoms with Crippen LogP contribution in [0.4, 0.5) is 16.2 Å². The van der Waals surface area contributed by atoms with Gasteiger partial charge in [-0.05, 0) is 44.4 Å². The summed E-state index contributed by atoms with van der Waals surface area (Å²) in [5.41, 5.74) is 9.35. The Labute approximate surface area is 135 Å². The molecule has 2 aromatic rings. The quantitative estimate of drug-likeness (QED) is 0.906. The molecule has 0 fully saturated rings. The molecule has 0 atom stereocenters. The van der Waals surface area contributed by atoms with Crippen molar-refractivity contribution in [1.29, 1.82) is 0 Å². The van der Waals surface area contributed by atoms with Gasteiger partial charge in [-0.15, -0.1) is 5.10 Å². The second kappa shape index (κ2) is 6.28. The highest BCUT2D eigenvalue weighted by atomic mass is 16.2. The topological polar surface area (TPSA) is 89.1 Å². The lowest BCUT2D eigenvalue weighted by atomic mass is 10.0. The van der Waals surface area contributed by atoms with Crippen LogP contribution < -0.4 is 16.0 Å². The standard InChI is InChI=1S/C16H22N6O/c1-11(2)22-10-14(19-20-22)9-18-13-6-5-12-4-3-7-21(16(17)23)15(12)8-13/h5-6,8,10-11,18H,3-4,7,9H2,1-2H3,(H2,17,23). The number of anilines is 2. The highest BCUT2D eigenvalue weighted by Gasteiger charge is 2.20. The number of benzene rings is 1. The van der Waals surface area contributed by atoms with Gasteiger partial charge in [-0.3, -0.25) is 4.90 Å². The lowest BCUT2D eigenvalue weighted by molar-refractivity contribution is 0.253. The molecule has 7 heteroatoms. The van der Waals surface area contributed by atoms with Crippen LogP contribution in [-0.4, -0.2) is 27.6 Å².